The minimum Gasteiger partial charge on any atom is -0.469 e. The molecule has 0 aromatic carbocycles. The molecule has 5 nitrogen and oxygen atoms in total. The molecule has 0 amide bonds. The van der Waals surface area contributed by atoms with Crippen molar-refractivity contribution in [3.63, 3.8) is 0 Å². The molecular formula is C15H29N3O2. The summed E-state index contributed by atoms with van der Waals surface area (Å²) >= 11 is 0. The average molecular weight is 283 g/mol. The van der Waals surface area contributed by atoms with E-state index in [1.54, 1.807) is 7.05 Å². The third-order valence-corrected chi connectivity index (χ3v) is 4.35. The molecule has 116 valence electrons. The number of guanidine groups is 1. The Labute approximate surface area is 122 Å². The molecule has 1 aliphatic carbocycles. The predicted molar refractivity (Wildman–Crippen MR) is 81.8 cm³/mol. The maximum absolute atomic E-state index is 11.0. The molecule has 0 aromatic heterocycles. The van der Waals surface area contributed by atoms with Gasteiger partial charge in [0.2, 0.25) is 0 Å². The first-order valence-electron chi connectivity index (χ1n) is 7.67. The van der Waals surface area contributed by atoms with Gasteiger partial charge in [-0.1, -0.05) is 13.3 Å². The standard InChI is InChI=1S/C15H29N3O2/c1-4-15(9-7-10-15)12-18-14(16-2)17-11-6-5-8-13(19)20-3/h4-12H2,1-3H3,(H2,16,17,18). The van der Waals surface area contributed by atoms with E-state index in [-0.39, 0.29) is 5.97 Å². The highest BCUT2D eigenvalue weighted by atomic mass is 16.5. The van der Waals surface area contributed by atoms with Gasteiger partial charge in [0.15, 0.2) is 5.96 Å². The quantitative estimate of drug-likeness (QED) is 0.310. The number of ether oxygens (including phenoxy) is 1. The minimum atomic E-state index is -0.137. The molecule has 1 saturated carbocycles. The Hall–Kier alpha value is -1.26. The van der Waals surface area contributed by atoms with E-state index in [4.69, 9.17) is 0 Å². The number of carbonyl (C=O) groups excluding carboxylic acids is 1. The second-order valence-corrected chi connectivity index (χ2v) is 5.59. The third kappa shape index (κ3) is 5.39. The van der Waals surface area contributed by atoms with Gasteiger partial charge in [-0.2, -0.15) is 0 Å². The van der Waals surface area contributed by atoms with E-state index < -0.39 is 0 Å². The van der Waals surface area contributed by atoms with Crippen molar-refractivity contribution in [2.24, 2.45) is 10.4 Å². The van der Waals surface area contributed by atoms with E-state index in [0.717, 1.165) is 31.9 Å². The second kappa shape index (κ2) is 8.82. The zero-order chi connectivity index (χ0) is 14.8. The van der Waals surface area contributed by atoms with Crippen LogP contribution in [0.2, 0.25) is 0 Å². The van der Waals surface area contributed by atoms with Gasteiger partial charge >= 0.3 is 5.97 Å². The lowest BCUT2D eigenvalue weighted by atomic mass is 9.67. The van der Waals surface area contributed by atoms with Crippen LogP contribution in [0.3, 0.4) is 0 Å². The van der Waals surface area contributed by atoms with Crippen molar-refractivity contribution in [2.45, 2.75) is 51.9 Å². The zero-order valence-corrected chi connectivity index (χ0v) is 13.1. The monoisotopic (exact) mass is 283 g/mol. The fourth-order valence-corrected chi connectivity index (χ4v) is 2.53. The Kier molecular flexibility index (Phi) is 7.41. The van der Waals surface area contributed by atoms with Gasteiger partial charge in [0, 0.05) is 26.6 Å². The Balaban J connectivity index is 2.12. The summed E-state index contributed by atoms with van der Waals surface area (Å²) < 4.78 is 4.61. The summed E-state index contributed by atoms with van der Waals surface area (Å²) in [7, 11) is 3.22. The molecule has 1 fully saturated rings. The fraction of sp³-hybridized carbons (Fsp3) is 0.867. The summed E-state index contributed by atoms with van der Waals surface area (Å²) in [5.74, 6) is 0.727. The maximum Gasteiger partial charge on any atom is 0.305 e. The van der Waals surface area contributed by atoms with Crippen LogP contribution in [0.1, 0.15) is 51.9 Å². The van der Waals surface area contributed by atoms with Crippen LogP contribution in [0, 0.1) is 5.41 Å². The van der Waals surface area contributed by atoms with Crippen molar-refractivity contribution < 1.29 is 9.53 Å². The molecule has 0 bridgehead atoms. The van der Waals surface area contributed by atoms with Gasteiger partial charge in [0.25, 0.3) is 0 Å². The fourth-order valence-electron chi connectivity index (χ4n) is 2.53. The van der Waals surface area contributed by atoms with Gasteiger partial charge in [-0.15, -0.1) is 0 Å². The van der Waals surface area contributed by atoms with Crippen LogP contribution in [-0.2, 0) is 9.53 Å². The highest BCUT2D eigenvalue weighted by Gasteiger charge is 2.34. The van der Waals surface area contributed by atoms with Crippen molar-refractivity contribution in [3.8, 4) is 0 Å². The number of nitrogens with one attached hydrogen (secondary N) is 2. The molecule has 0 aliphatic heterocycles. The van der Waals surface area contributed by atoms with Crippen LogP contribution in [0.5, 0.6) is 0 Å². The van der Waals surface area contributed by atoms with Gasteiger partial charge in [-0.25, -0.2) is 0 Å². The molecule has 0 aromatic rings. The first-order valence-corrected chi connectivity index (χ1v) is 7.67. The minimum absolute atomic E-state index is 0.137. The van der Waals surface area contributed by atoms with Gasteiger partial charge in [0.05, 0.1) is 7.11 Å². The first kappa shape index (κ1) is 16.8. The van der Waals surface area contributed by atoms with Crippen molar-refractivity contribution in [2.75, 3.05) is 27.2 Å². The van der Waals surface area contributed by atoms with Crippen LogP contribution in [0.4, 0.5) is 0 Å². The maximum atomic E-state index is 11.0. The second-order valence-electron chi connectivity index (χ2n) is 5.59. The molecule has 0 radical (unpaired) electrons. The average Bonchev–Trinajstić information content (AvgIpc) is 2.43. The number of hydrogen-bond acceptors (Lipinski definition) is 3. The Bertz CT molecular complexity index is 320. The summed E-state index contributed by atoms with van der Waals surface area (Å²) in [4.78, 5) is 15.2. The molecular weight excluding hydrogens is 254 g/mol. The van der Waals surface area contributed by atoms with E-state index in [1.165, 1.54) is 32.8 Å². The van der Waals surface area contributed by atoms with E-state index in [0.29, 0.717) is 11.8 Å². The van der Waals surface area contributed by atoms with E-state index in [9.17, 15) is 4.79 Å². The van der Waals surface area contributed by atoms with Crippen LogP contribution in [0.25, 0.3) is 0 Å². The summed E-state index contributed by atoms with van der Waals surface area (Å²) in [6.07, 6.45) is 7.51. The van der Waals surface area contributed by atoms with Gasteiger partial charge in [-0.3, -0.25) is 9.79 Å². The SMILES string of the molecule is CCC1(CNC(=NC)NCCCCC(=O)OC)CCC1. The Morgan fingerprint density at radius 2 is 2.05 bits per heavy atom. The number of esters is 1. The predicted octanol–water partition coefficient (Wildman–Crippen LogP) is 2.07. The number of carbonyl (C=O) groups is 1. The summed E-state index contributed by atoms with van der Waals surface area (Å²) in [5, 5.41) is 6.71. The highest BCUT2D eigenvalue weighted by molar-refractivity contribution is 5.79. The van der Waals surface area contributed by atoms with E-state index in [1.807, 2.05) is 0 Å². The zero-order valence-electron chi connectivity index (χ0n) is 13.1. The van der Waals surface area contributed by atoms with Gasteiger partial charge in [0.1, 0.15) is 0 Å². The van der Waals surface area contributed by atoms with Crippen LogP contribution >= 0.6 is 0 Å². The molecule has 5 heteroatoms. The molecule has 0 atom stereocenters. The van der Waals surface area contributed by atoms with Crippen LogP contribution in [-0.4, -0.2) is 39.2 Å². The number of aliphatic imine (C=N–C) groups is 1. The molecule has 1 rings (SSSR count). The smallest absolute Gasteiger partial charge is 0.305 e. The first-order chi connectivity index (χ1) is 9.65. The summed E-state index contributed by atoms with van der Waals surface area (Å²) in [6.45, 7) is 4.10. The molecule has 0 spiro atoms. The topological polar surface area (TPSA) is 62.7 Å². The van der Waals surface area contributed by atoms with Crippen molar-refractivity contribution >= 4 is 11.9 Å². The lowest BCUT2D eigenvalue weighted by Gasteiger charge is -2.41. The van der Waals surface area contributed by atoms with Crippen molar-refractivity contribution in [3.05, 3.63) is 0 Å². The summed E-state index contributed by atoms with van der Waals surface area (Å²) in [6, 6.07) is 0. The normalized spacial score (nSPS) is 17.2. The van der Waals surface area contributed by atoms with Gasteiger partial charge in [-0.05, 0) is 37.5 Å². The number of rotatable bonds is 8. The number of hydrogen-bond donors (Lipinski definition) is 2. The molecule has 1 aliphatic rings. The lowest BCUT2D eigenvalue weighted by molar-refractivity contribution is -0.140. The summed E-state index contributed by atoms with van der Waals surface area (Å²) in [5.41, 5.74) is 0.489. The molecule has 0 heterocycles. The molecule has 0 saturated heterocycles. The van der Waals surface area contributed by atoms with Gasteiger partial charge < -0.3 is 15.4 Å². The van der Waals surface area contributed by atoms with Crippen LogP contribution < -0.4 is 10.6 Å². The number of nitrogens with zero attached hydrogens (tertiary/aromatic N) is 1. The van der Waals surface area contributed by atoms with Crippen LogP contribution in [0.15, 0.2) is 4.99 Å². The molecule has 20 heavy (non-hydrogen) atoms. The van der Waals surface area contributed by atoms with Crippen molar-refractivity contribution in [1.29, 1.82) is 0 Å². The third-order valence-electron chi connectivity index (χ3n) is 4.35. The molecule has 0 unspecified atom stereocenters. The number of unbranched alkanes of at least 4 members (excludes halogenated alkanes) is 1. The highest BCUT2D eigenvalue weighted by Crippen LogP contribution is 2.42. The lowest BCUT2D eigenvalue weighted by Crippen LogP contribution is -2.46. The van der Waals surface area contributed by atoms with Crippen molar-refractivity contribution in [1.82, 2.24) is 10.6 Å². The van der Waals surface area contributed by atoms with E-state index >= 15 is 0 Å². The number of methoxy groups -OCH3 is 1. The molecule has 2 N–H and O–H groups in total. The van der Waals surface area contributed by atoms with E-state index in [2.05, 4.69) is 27.3 Å². The Morgan fingerprint density at radius 1 is 1.30 bits per heavy atom. The Morgan fingerprint density at radius 3 is 2.55 bits per heavy atom. The largest absolute Gasteiger partial charge is 0.469 e.